The first kappa shape index (κ1) is 19.2. The molecular weight excluding hydrogens is 358 g/mol. The van der Waals surface area contributed by atoms with Crippen molar-refractivity contribution in [1.82, 2.24) is 0 Å². The summed E-state index contributed by atoms with van der Waals surface area (Å²) >= 11 is 0. The van der Waals surface area contributed by atoms with Crippen LogP contribution < -0.4 is 10.1 Å². The summed E-state index contributed by atoms with van der Waals surface area (Å²) in [7, 11) is 1.33. The number of esters is 1. The molecule has 144 valence electrons. The standard InChI is InChI=1S/C22H21NO5/c1-14-5-4-6-15(2)20(14)23-21(24)19-12-11-18(28-19)13-27-17-9-7-16(8-10-17)22(25)26-3/h4-12H,13H2,1-3H3,(H,23,24). The lowest BCUT2D eigenvalue weighted by atomic mass is 10.1. The Balaban J connectivity index is 1.61. The molecule has 0 fully saturated rings. The van der Waals surface area contributed by atoms with Crippen molar-refractivity contribution in [1.29, 1.82) is 0 Å². The number of carbonyl (C=O) groups is 2. The first-order valence-corrected chi connectivity index (χ1v) is 8.75. The molecule has 0 aliphatic heterocycles. The van der Waals surface area contributed by atoms with Crippen LogP contribution in [0, 0.1) is 13.8 Å². The van der Waals surface area contributed by atoms with Crippen molar-refractivity contribution in [2.45, 2.75) is 20.5 Å². The van der Waals surface area contributed by atoms with Gasteiger partial charge < -0.3 is 19.2 Å². The van der Waals surface area contributed by atoms with E-state index in [0.29, 0.717) is 17.1 Å². The van der Waals surface area contributed by atoms with Gasteiger partial charge in [-0.05, 0) is 61.4 Å². The maximum Gasteiger partial charge on any atom is 0.337 e. The summed E-state index contributed by atoms with van der Waals surface area (Å²) in [5, 5.41) is 2.89. The zero-order valence-corrected chi connectivity index (χ0v) is 15.9. The van der Waals surface area contributed by atoms with Gasteiger partial charge in [0.15, 0.2) is 5.76 Å². The third kappa shape index (κ3) is 4.40. The summed E-state index contributed by atoms with van der Waals surface area (Å²) < 4.78 is 15.9. The van der Waals surface area contributed by atoms with E-state index >= 15 is 0 Å². The number of amides is 1. The topological polar surface area (TPSA) is 77.8 Å². The largest absolute Gasteiger partial charge is 0.486 e. The van der Waals surface area contributed by atoms with Crippen LogP contribution in [0.5, 0.6) is 5.75 Å². The first-order chi connectivity index (χ1) is 13.5. The highest BCUT2D eigenvalue weighted by Crippen LogP contribution is 2.21. The van der Waals surface area contributed by atoms with Gasteiger partial charge in [0.1, 0.15) is 18.1 Å². The highest BCUT2D eigenvalue weighted by molar-refractivity contribution is 6.03. The molecule has 0 radical (unpaired) electrons. The van der Waals surface area contributed by atoms with E-state index in [4.69, 9.17) is 9.15 Å². The van der Waals surface area contributed by atoms with Crippen LogP contribution in [0.1, 0.15) is 37.8 Å². The molecule has 1 N–H and O–H groups in total. The third-order valence-electron chi connectivity index (χ3n) is 4.26. The van der Waals surface area contributed by atoms with Crippen molar-refractivity contribution in [3.05, 3.63) is 82.8 Å². The molecule has 2 aromatic carbocycles. The molecule has 1 aromatic heterocycles. The van der Waals surface area contributed by atoms with Crippen molar-refractivity contribution in [3.8, 4) is 5.75 Å². The predicted molar refractivity (Wildman–Crippen MR) is 105 cm³/mol. The van der Waals surface area contributed by atoms with Crippen LogP contribution in [0.3, 0.4) is 0 Å². The molecule has 3 aromatic rings. The number of aryl methyl sites for hydroxylation is 2. The van der Waals surface area contributed by atoms with Crippen molar-refractivity contribution >= 4 is 17.6 Å². The van der Waals surface area contributed by atoms with Crippen molar-refractivity contribution in [3.63, 3.8) is 0 Å². The Morgan fingerprint density at radius 1 is 0.964 bits per heavy atom. The molecule has 0 spiro atoms. The van der Waals surface area contributed by atoms with Gasteiger partial charge in [-0.15, -0.1) is 0 Å². The average molecular weight is 379 g/mol. The minimum Gasteiger partial charge on any atom is -0.486 e. The molecule has 0 bridgehead atoms. The molecule has 3 rings (SSSR count). The van der Waals surface area contributed by atoms with E-state index in [1.54, 1.807) is 36.4 Å². The van der Waals surface area contributed by atoms with Crippen LogP contribution in [0.2, 0.25) is 0 Å². The number of carbonyl (C=O) groups excluding carboxylic acids is 2. The number of hydrogen-bond acceptors (Lipinski definition) is 5. The number of ether oxygens (including phenoxy) is 2. The Bertz CT molecular complexity index is 968. The van der Waals surface area contributed by atoms with Crippen LogP contribution in [0.15, 0.2) is 59.0 Å². The van der Waals surface area contributed by atoms with E-state index < -0.39 is 5.97 Å². The Kier molecular flexibility index (Phi) is 5.79. The summed E-state index contributed by atoms with van der Waals surface area (Å²) in [6.45, 7) is 4.04. The average Bonchev–Trinajstić information content (AvgIpc) is 3.18. The normalized spacial score (nSPS) is 10.4. The number of anilines is 1. The van der Waals surface area contributed by atoms with Gasteiger partial charge in [0, 0.05) is 5.69 Å². The van der Waals surface area contributed by atoms with Crippen molar-refractivity contribution < 1.29 is 23.5 Å². The van der Waals surface area contributed by atoms with Crippen LogP contribution in [-0.2, 0) is 11.3 Å². The number of hydrogen-bond donors (Lipinski definition) is 1. The van der Waals surface area contributed by atoms with Gasteiger partial charge in [-0.2, -0.15) is 0 Å². The zero-order valence-electron chi connectivity index (χ0n) is 15.9. The second kappa shape index (κ2) is 8.43. The second-order valence-corrected chi connectivity index (χ2v) is 6.29. The highest BCUT2D eigenvalue weighted by atomic mass is 16.5. The Morgan fingerprint density at radius 2 is 1.64 bits per heavy atom. The SMILES string of the molecule is COC(=O)c1ccc(OCc2ccc(C(=O)Nc3c(C)cccc3C)o2)cc1. The molecule has 6 nitrogen and oxygen atoms in total. The van der Waals surface area contributed by atoms with Crippen molar-refractivity contribution in [2.24, 2.45) is 0 Å². The Morgan fingerprint density at radius 3 is 2.29 bits per heavy atom. The van der Waals surface area contributed by atoms with E-state index in [1.807, 2.05) is 32.0 Å². The predicted octanol–water partition coefficient (Wildman–Crippen LogP) is 4.51. The van der Waals surface area contributed by atoms with Crippen LogP contribution >= 0.6 is 0 Å². The van der Waals surface area contributed by atoms with E-state index in [9.17, 15) is 9.59 Å². The van der Waals surface area contributed by atoms with Crippen LogP contribution in [-0.4, -0.2) is 19.0 Å². The summed E-state index contributed by atoms with van der Waals surface area (Å²) in [4.78, 5) is 23.9. The smallest absolute Gasteiger partial charge is 0.337 e. The lowest BCUT2D eigenvalue weighted by Crippen LogP contribution is -2.13. The molecular formula is C22H21NO5. The second-order valence-electron chi connectivity index (χ2n) is 6.29. The summed E-state index contributed by atoms with van der Waals surface area (Å²) in [5.74, 6) is 0.583. The minimum atomic E-state index is -0.405. The minimum absolute atomic E-state index is 0.161. The summed E-state index contributed by atoms with van der Waals surface area (Å²) in [5.41, 5.74) is 3.20. The van der Waals surface area contributed by atoms with Gasteiger partial charge in [-0.25, -0.2) is 4.79 Å². The Hall–Kier alpha value is -3.54. The molecule has 1 amide bonds. The monoisotopic (exact) mass is 379 g/mol. The zero-order chi connectivity index (χ0) is 20.1. The lowest BCUT2D eigenvalue weighted by molar-refractivity contribution is 0.0600. The van der Waals surface area contributed by atoms with Gasteiger partial charge in [0.2, 0.25) is 0 Å². The number of benzene rings is 2. The third-order valence-corrected chi connectivity index (χ3v) is 4.26. The van der Waals surface area contributed by atoms with Crippen molar-refractivity contribution in [2.75, 3.05) is 12.4 Å². The maximum atomic E-state index is 12.4. The molecule has 6 heteroatoms. The van der Waals surface area contributed by atoms with E-state index in [1.165, 1.54) is 7.11 Å². The van der Waals surface area contributed by atoms with Gasteiger partial charge in [-0.3, -0.25) is 4.79 Å². The number of methoxy groups -OCH3 is 1. The molecule has 0 aliphatic carbocycles. The van der Waals surface area contributed by atoms with Gasteiger partial charge in [-0.1, -0.05) is 18.2 Å². The van der Waals surface area contributed by atoms with Crippen LogP contribution in [0.4, 0.5) is 5.69 Å². The van der Waals surface area contributed by atoms with E-state index in [-0.39, 0.29) is 18.3 Å². The number of rotatable bonds is 6. The molecule has 1 heterocycles. The Labute approximate surface area is 163 Å². The maximum absolute atomic E-state index is 12.4. The lowest BCUT2D eigenvalue weighted by Gasteiger charge is -2.10. The first-order valence-electron chi connectivity index (χ1n) is 8.75. The molecule has 0 saturated carbocycles. The fourth-order valence-electron chi connectivity index (χ4n) is 2.72. The van der Waals surface area contributed by atoms with E-state index in [2.05, 4.69) is 10.1 Å². The van der Waals surface area contributed by atoms with Gasteiger partial charge in [0.25, 0.3) is 5.91 Å². The van der Waals surface area contributed by atoms with E-state index in [0.717, 1.165) is 16.8 Å². The highest BCUT2D eigenvalue weighted by Gasteiger charge is 2.14. The molecule has 0 atom stereocenters. The van der Waals surface area contributed by atoms with Crippen LogP contribution in [0.25, 0.3) is 0 Å². The summed E-state index contributed by atoms with van der Waals surface area (Å²) in [6, 6.07) is 15.7. The quantitative estimate of drug-likeness (QED) is 0.638. The molecule has 0 saturated heterocycles. The fraction of sp³-hybridized carbons (Fsp3) is 0.182. The number of furan rings is 1. The molecule has 0 unspecified atom stereocenters. The number of para-hydroxylation sites is 1. The summed E-state index contributed by atoms with van der Waals surface area (Å²) in [6.07, 6.45) is 0. The molecule has 28 heavy (non-hydrogen) atoms. The number of nitrogens with one attached hydrogen (secondary N) is 1. The van der Waals surface area contributed by atoms with Gasteiger partial charge in [0.05, 0.1) is 12.7 Å². The van der Waals surface area contributed by atoms with Gasteiger partial charge >= 0.3 is 5.97 Å². The molecule has 0 aliphatic rings. The fourth-order valence-corrected chi connectivity index (χ4v) is 2.72.